The molecule has 0 amide bonds. The van der Waals surface area contributed by atoms with E-state index in [4.69, 9.17) is 10.5 Å². The van der Waals surface area contributed by atoms with Crippen molar-refractivity contribution >= 4 is 11.6 Å². The van der Waals surface area contributed by atoms with Crippen LogP contribution in [0.3, 0.4) is 0 Å². The van der Waals surface area contributed by atoms with Gasteiger partial charge in [0, 0.05) is 37.1 Å². The molecule has 2 aromatic rings. The van der Waals surface area contributed by atoms with Crippen molar-refractivity contribution in [3.63, 3.8) is 0 Å². The Balaban J connectivity index is 1.93. The SMILES string of the molecule is COCc1ccccc1NC(N)=NCC(C)Cn1nc(C)cc1C. The summed E-state index contributed by atoms with van der Waals surface area (Å²) >= 11 is 0. The van der Waals surface area contributed by atoms with Gasteiger partial charge in [-0.3, -0.25) is 9.67 Å². The van der Waals surface area contributed by atoms with Gasteiger partial charge in [0.15, 0.2) is 5.96 Å². The molecule has 0 bridgehead atoms. The number of nitrogens with one attached hydrogen (secondary N) is 1. The summed E-state index contributed by atoms with van der Waals surface area (Å²) in [4.78, 5) is 4.45. The fraction of sp³-hybridized carbons (Fsp3) is 0.444. The Kier molecular flexibility index (Phi) is 6.37. The smallest absolute Gasteiger partial charge is 0.193 e. The van der Waals surface area contributed by atoms with Crippen molar-refractivity contribution in [3.8, 4) is 0 Å². The highest BCUT2D eigenvalue weighted by Crippen LogP contribution is 2.15. The fourth-order valence-electron chi connectivity index (χ4n) is 2.57. The lowest BCUT2D eigenvalue weighted by Crippen LogP contribution is -2.25. The van der Waals surface area contributed by atoms with Gasteiger partial charge >= 0.3 is 0 Å². The van der Waals surface area contributed by atoms with E-state index in [1.165, 1.54) is 5.69 Å². The normalized spacial score (nSPS) is 13.1. The van der Waals surface area contributed by atoms with Gasteiger partial charge in [-0.2, -0.15) is 5.10 Å². The van der Waals surface area contributed by atoms with Crippen LogP contribution < -0.4 is 11.1 Å². The van der Waals surface area contributed by atoms with Crippen LogP contribution in [0.4, 0.5) is 5.69 Å². The number of aromatic nitrogens is 2. The minimum atomic E-state index is 0.345. The maximum atomic E-state index is 6.02. The quantitative estimate of drug-likeness (QED) is 0.605. The highest BCUT2D eigenvalue weighted by molar-refractivity contribution is 5.92. The number of guanidine groups is 1. The highest BCUT2D eigenvalue weighted by Gasteiger charge is 2.07. The van der Waals surface area contributed by atoms with Crippen LogP contribution in [0.25, 0.3) is 0 Å². The van der Waals surface area contributed by atoms with Gasteiger partial charge in [0.2, 0.25) is 0 Å². The third-order valence-electron chi connectivity index (χ3n) is 3.74. The van der Waals surface area contributed by atoms with Gasteiger partial charge in [-0.1, -0.05) is 25.1 Å². The van der Waals surface area contributed by atoms with Crippen LogP contribution in [0, 0.1) is 19.8 Å². The van der Waals surface area contributed by atoms with Crippen molar-refractivity contribution in [2.75, 3.05) is 19.0 Å². The first-order valence-corrected chi connectivity index (χ1v) is 8.14. The van der Waals surface area contributed by atoms with E-state index in [-0.39, 0.29) is 0 Å². The number of nitrogens with zero attached hydrogens (tertiary/aromatic N) is 3. The molecule has 1 heterocycles. The predicted molar refractivity (Wildman–Crippen MR) is 98.1 cm³/mol. The summed E-state index contributed by atoms with van der Waals surface area (Å²) in [6, 6.07) is 9.99. The van der Waals surface area contributed by atoms with Crippen LogP contribution in [0.5, 0.6) is 0 Å². The van der Waals surface area contributed by atoms with E-state index in [0.29, 0.717) is 25.0 Å². The number of methoxy groups -OCH3 is 1. The first-order valence-electron chi connectivity index (χ1n) is 8.14. The molecule has 0 spiro atoms. The number of aliphatic imine (C=N–C) groups is 1. The standard InChI is InChI=1S/C18H27N5O/c1-13(11-23-15(3)9-14(2)22-23)10-20-18(19)21-17-8-6-5-7-16(17)12-24-4/h5-9,13H,10-12H2,1-4H3,(H3,19,20,21). The zero-order valence-electron chi connectivity index (χ0n) is 14.9. The second-order valence-corrected chi connectivity index (χ2v) is 6.16. The number of hydrogen-bond acceptors (Lipinski definition) is 3. The first-order chi connectivity index (χ1) is 11.5. The summed E-state index contributed by atoms with van der Waals surface area (Å²) in [5.41, 5.74) is 10.2. The summed E-state index contributed by atoms with van der Waals surface area (Å²) in [5.74, 6) is 0.760. The Bertz CT molecular complexity index is 692. The van der Waals surface area contributed by atoms with E-state index in [9.17, 15) is 0 Å². The van der Waals surface area contributed by atoms with Gasteiger partial charge in [0.25, 0.3) is 0 Å². The summed E-state index contributed by atoms with van der Waals surface area (Å²) < 4.78 is 7.22. The van der Waals surface area contributed by atoms with Gasteiger partial charge in [0.1, 0.15) is 0 Å². The third kappa shape index (κ3) is 5.09. The van der Waals surface area contributed by atoms with Crippen molar-refractivity contribution in [2.45, 2.75) is 33.9 Å². The monoisotopic (exact) mass is 329 g/mol. The summed E-state index contributed by atoms with van der Waals surface area (Å²) in [7, 11) is 1.68. The van der Waals surface area contributed by atoms with E-state index in [2.05, 4.69) is 35.3 Å². The van der Waals surface area contributed by atoms with E-state index in [0.717, 1.165) is 23.5 Å². The number of para-hydroxylation sites is 1. The molecule has 130 valence electrons. The van der Waals surface area contributed by atoms with Crippen LogP contribution in [-0.4, -0.2) is 29.4 Å². The van der Waals surface area contributed by atoms with Gasteiger partial charge in [-0.25, -0.2) is 0 Å². The van der Waals surface area contributed by atoms with E-state index in [1.54, 1.807) is 7.11 Å². The minimum Gasteiger partial charge on any atom is -0.380 e. The molecule has 1 aromatic carbocycles. The Morgan fingerprint density at radius 2 is 2.12 bits per heavy atom. The third-order valence-corrected chi connectivity index (χ3v) is 3.74. The number of ether oxygens (including phenoxy) is 1. The molecule has 1 aromatic heterocycles. The minimum absolute atomic E-state index is 0.345. The second kappa shape index (κ2) is 8.49. The summed E-state index contributed by atoms with van der Waals surface area (Å²) in [6.45, 7) is 8.22. The van der Waals surface area contributed by atoms with Crippen LogP contribution in [0.15, 0.2) is 35.3 Å². The van der Waals surface area contributed by atoms with Crippen molar-refractivity contribution < 1.29 is 4.74 Å². The van der Waals surface area contributed by atoms with Gasteiger partial charge < -0.3 is 15.8 Å². The van der Waals surface area contributed by atoms with E-state index >= 15 is 0 Å². The predicted octanol–water partition coefficient (Wildman–Crippen LogP) is 2.71. The van der Waals surface area contributed by atoms with Crippen molar-refractivity contribution in [3.05, 3.63) is 47.3 Å². The zero-order chi connectivity index (χ0) is 17.5. The van der Waals surface area contributed by atoms with Crippen LogP contribution in [-0.2, 0) is 17.9 Å². The molecule has 6 heteroatoms. The van der Waals surface area contributed by atoms with Crippen LogP contribution >= 0.6 is 0 Å². The van der Waals surface area contributed by atoms with Crippen LogP contribution in [0.2, 0.25) is 0 Å². The molecular formula is C18H27N5O. The Morgan fingerprint density at radius 1 is 1.38 bits per heavy atom. The second-order valence-electron chi connectivity index (χ2n) is 6.16. The molecule has 0 fully saturated rings. The lowest BCUT2D eigenvalue weighted by atomic mass is 10.2. The summed E-state index contributed by atoms with van der Waals surface area (Å²) in [5, 5.41) is 7.64. The molecule has 0 saturated carbocycles. The lowest BCUT2D eigenvalue weighted by Gasteiger charge is -2.13. The number of rotatable bonds is 7. The molecule has 0 aliphatic heterocycles. The molecule has 6 nitrogen and oxygen atoms in total. The summed E-state index contributed by atoms with van der Waals surface area (Å²) in [6.07, 6.45) is 0. The van der Waals surface area contributed by atoms with Crippen LogP contribution in [0.1, 0.15) is 23.9 Å². The lowest BCUT2D eigenvalue weighted by molar-refractivity contribution is 0.185. The molecule has 0 aliphatic carbocycles. The number of aryl methyl sites for hydroxylation is 2. The molecular weight excluding hydrogens is 302 g/mol. The molecule has 1 atom stereocenters. The molecule has 0 saturated heterocycles. The molecule has 24 heavy (non-hydrogen) atoms. The topological polar surface area (TPSA) is 77.5 Å². The molecule has 0 radical (unpaired) electrons. The maximum absolute atomic E-state index is 6.02. The van der Waals surface area contributed by atoms with E-state index in [1.807, 2.05) is 35.9 Å². The Hall–Kier alpha value is -2.34. The number of hydrogen-bond donors (Lipinski definition) is 2. The highest BCUT2D eigenvalue weighted by atomic mass is 16.5. The van der Waals surface area contributed by atoms with Crippen molar-refractivity contribution in [1.29, 1.82) is 0 Å². The number of nitrogens with two attached hydrogens (primary N) is 1. The largest absolute Gasteiger partial charge is 0.380 e. The van der Waals surface area contributed by atoms with Gasteiger partial charge in [-0.15, -0.1) is 0 Å². The molecule has 0 aliphatic rings. The van der Waals surface area contributed by atoms with Gasteiger partial charge in [0.05, 0.1) is 12.3 Å². The average Bonchev–Trinajstić information content (AvgIpc) is 2.85. The molecule has 3 N–H and O–H groups in total. The number of anilines is 1. The average molecular weight is 329 g/mol. The van der Waals surface area contributed by atoms with Crippen molar-refractivity contribution in [2.24, 2.45) is 16.6 Å². The Morgan fingerprint density at radius 3 is 2.79 bits per heavy atom. The first kappa shape index (κ1) is 18.0. The fourth-order valence-corrected chi connectivity index (χ4v) is 2.57. The zero-order valence-corrected chi connectivity index (χ0v) is 14.9. The van der Waals surface area contributed by atoms with E-state index < -0.39 is 0 Å². The molecule has 2 rings (SSSR count). The van der Waals surface area contributed by atoms with Crippen molar-refractivity contribution in [1.82, 2.24) is 9.78 Å². The molecule has 1 unspecified atom stereocenters. The maximum Gasteiger partial charge on any atom is 0.193 e. The van der Waals surface area contributed by atoms with Gasteiger partial charge in [-0.05, 0) is 31.9 Å². The number of benzene rings is 1. The Labute approximate surface area is 143 Å².